The minimum atomic E-state index is -0.818. The van der Waals surface area contributed by atoms with Gasteiger partial charge in [0.25, 0.3) is 0 Å². The van der Waals surface area contributed by atoms with E-state index in [1.165, 1.54) is 16.0 Å². The number of aliphatic hydroxyl groups excluding tert-OH is 1. The summed E-state index contributed by atoms with van der Waals surface area (Å²) in [6.07, 6.45) is -0.818. The van der Waals surface area contributed by atoms with Gasteiger partial charge in [0.15, 0.2) is 5.13 Å². The number of nitrogens with one attached hydrogen (secondary N) is 1. The van der Waals surface area contributed by atoms with Gasteiger partial charge >= 0.3 is 0 Å². The summed E-state index contributed by atoms with van der Waals surface area (Å²) in [5.41, 5.74) is 9.83. The molecule has 0 spiro atoms. The minimum Gasteiger partial charge on any atom is -0.397 e. The van der Waals surface area contributed by atoms with Gasteiger partial charge < -0.3 is 15.7 Å². The van der Waals surface area contributed by atoms with Crippen molar-refractivity contribution in [2.45, 2.75) is 26.1 Å². The number of nitrogen functional groups attached to an aromatic ring is 1. The number of nitrogens with two attached hydrogens (primary N) is 1. The SMILES string of the molecule is Cc1nnc2sc(C(O)NC3CN(c4nc5ccccc5s4)C3)c(N)c2c1C. The van der Waals surface area contributed by atoms with E-state index in [9.17, 15) is 5.11 Å². The predicted octanol–water partition coefficient (Wildman–Crippen LogP) is 2.97. The van der Waals surface area contributed by atoms with Gasteiger partial charge in [-0.2, -0.15) is 5.10 Å². The number of anilines is 2. The summed E-state index contributed by atoms with van der Waals surface area (Å²) in [5, 5.41) is 24.3. The quantitative estimate of drug-likeness (QED) is 0.443. The standard InChI is InChI=1S/C19H20N6OS2/c1-9-10(2)23-24-18-14(9)15(20)16(28-18)17(26)21-11-7-25(8-11)19-22-12-5-3-4-6-13(12)27-19/h3-6,11,17,21,26H,7-8,20H2,1-2H3. The number of aryl methyl sites for hydroxylation is 2. The van der Waals surface area contributed by atoms with Crippen LogP contribution in [0.3, 0.4) is 0 Å². The van der Waals surface area contributed by atoms with Gasteiger partial charge in [-0.3, -0.25) is 5.32 Å². The van der Waals surface area contributed by atoms with Crippen LogP contribution in [0, 0.1) is 13.8 Å². The van der Waals surface area contributed by atoms with E-state index in [1.54, 1.807) is 11.3 Å². The molecule has 7 nitrogen and oxygen atoms in total. The van der Waals surface area contributed by atoms with Crippen molar-refractivity contribution in [3.63, 3.8) is 0 Å². The summed E-state index contributed by atoms with van der Waals surface area (Å²) in [4.78, 5) is 8.38. The molecule has 9 heteroatoms. The molecular formula is C19H20N6OS2. The molecule has 5 rings (SSSR count). The molecule has 4 heterocycles. The van der Waals surface area contributed by atoms with Gasteiger partial charge in [0.2, 0.25) is 0 Å². The van der Waals surface area contributed by atoms with Crippen molar-refractivity contribution >= 4 is 53.9 Å². The highest BCUT2D eigenvalue weighted by Gasteiger charge is 2.32. The van der Waals surface area contributed by atoms with Crippen LogP contribution in [0.1, 0.15) is 22.4 Å². The molecule has 1 aliphatic heterocycles. The molecule has 28 heavy (non-hydrogen) atoms. The highest BCUT2D eigenvalue weighted by Crippen LogP contribution is 2.38. The number of thiophene rings is 1. The smallest absolute Gasteiger partial charge is 0.186 e. The van der Waals surface area contributed by atoms with Crippen LogP contribution in [0.5, 0.6) is 0 Å². The van der Waals surface area contributed by atoms with Gasteiger partial charge in [-0.15, -0.1) is 16.4 Å². The van der Waals surface area contributed by atoms with Crippen molar-refractivity contribution in [2.24, 2.45) is 0 Å². The zero-order chi connectivity index (χ0) is 19.4. The Hall–Kier alpha value is -2.33. The van der Waals surface area contributed by atoms with Crippen molar-refractivity contribution in [2.75, 3.05) is 23.7 Å². The summed E-state index contributed by atoms with van der Waals surface area (Å²) in [5.74, 6) is 0. The van der Waals surface area contributed by atoms with Crippen molar-refractivity contribution in [1.29, 1.82) is 0 Å². The van der Waals surface area contributed by atoms with Crippen LogP contribution in [0.4, 0.5) is 10.8 Å². The van der Waals surface area contributed by atoms with E-state index in [0.29, 0.717) is 10.6 Å². The number of fused-ring (bicyclic) bond motifs is 2. The van der Waals surface area contributed by atoms with Crippen molar-refractivity contribution in [3.05, 3.63) is 40.4 Å². The molecule has 0 saturated carbocycles. The topological polar surface area (TPSA) is 100 Å². The summed E-state index contributed by atoms with van der Waals surface area (Å²) >= 11 is 3.09. The highest BCUT2D eigenvalue weighted by atomic mass is 32.1. The van der Waals surface area contributed by atoms with Crippen LogP contribution in [0.25, 0.3) is 20.4 Å². The lowest BCUT2D eigenvalue weighted by molar-refractivity contribution is 0.120. The molecule has 1 unspecified atom stereocenters. The maximum atomic E-state index is 10.7. The number of benzene rings is 1. The number of thiazole rings is 1. The predicted molar refractivity (Wildman–Crippen MR) is 115 cm³/mol. The third-order valence-electron chi connectivity index (χ3n) is 5.24. The van der Waals surface area contributed by atoms with Gasteiger partial charge in [0.1, 0.15) is 11.1 Å². The highest BCUT2D eigenvalue weighted by molar-refractivity contribution is 7.22. The van der Waals surface area contributed by atoms with Crippen molar-refractivity contribution < 1.29 is 5.11 Å². The second-order valence-corrected chi connectivity index (χ2v) is 9.15. The number of para-hydroxylation sites is 1. The van der Waals surface area contributed by atoms with Crippen LogP contribution in [0.15, 0.2) is 24.3 Å². The molecule has 1 fully saturated rings. The first kappa shape index (κ1) is 17.7. The Morgan fingerprint density at radius 2 is 2.00 bits per heavy atom. The fraction of sp³-hybridized carbons (Fsp3) is 0.316. The molecule has 4 aromatic rings. The van der Waals surface area contributed by atoms with Gasteiger partial charge in [-0.25, -0.2) is 4.98 Å². The van der Waals surface area contributed by atoms with Crippen LogP contribution >= 0.6 is 22.7 Å². The first-order chi connectivity index (χ1) is 13.5. The zero-order valence-corrected chi connectivity index (χ0v) is 17.1. The van der Waals surface area contributed by atoms with E-state index in [1.807, 2.05) is 32.0 Å². The average Bonchev–Trinajstić information content (AvgIpc) is 3.22. The van der Waals surface area contributed by atoms with Gasteiger partial charge in [0, 0.05) is 24.5 Å². The van der Waals surface area contributed by atoms with E-state index in [4.69, 9.17) is 5.73 Å². The molecular weight excluding hydrogens is 392 g/mol. The normalized spacial score (nSPS) is 16.0. The lowest BCUT2D eigenvalue weighted by Crippen LogP contribution is -2.58. The van der Waals surface area contributed by atoms with E-state index >= 15 is 0 Å². The van der Waals surface area contributed by atoms with E-state index in [0.717, 1.165) is 45.2 Å². The lowest BCUT2D eigenvalue weighted by Gasteiger charge is -2.40. The van der Waals surface area contributed by atoms with Gasteiger partial charge in [-0.1, -0.05) is 23.5 Å². The molecule has 144 valence electrons. The van der Waals surface area contributed by atoms with E-state index in [2.05, 4.69) is 31.5 Å². The second kappa shape index (κ2) is 6.63. The summed E-state index contributed by atoms with van der Waals surface area (Å²) in [7, 11) is 0. The maximum absolute atomic E-state index is 10.7. The first-order valence-corrected chi connectivity index (χ1v) is 10.7. The second-order valence-electron chi connectivity index (χ2n) is 7.11. The summed E-state index contributed by atoms with van der Waals surface area (Å²) < 4.78 is 1.19. The lowest BCUT2D eigenvalue weighted by atomic mass is 10.1. The Bertz CT molecular complexity index is 1150. The Morgan fingerprint density at radius 3 is 2.79 bits per heavy atom. The fourth-order valence-electron chi connectivity index (χ4n) is 3.50. The number of aromatic nitrogens is 3. The Morgan fingerprint density at radius 1 is 1.21 bits per heavy atom. The molecule has 1 atom stereocenters. The van der Waals surface area contributed by atoms with Gasteiger partial charge in [0.05, 0.1) is 26.5 Å². The van der Waals surface area contributed by atoms with E-state index < -0.39 is 6.23 Å². The molecule has 0 radical (unpaired) electrons. The Balaban J connectivity index is 1.29. The monoisotopic (exact) mass is 412 g/mol. The average molecular weight is 413 g/mol. The fourth-order valence-corrected chi connectivity index (χ4v) is 5.53. The molecule has 1 aliphatic rings. The molecule has 4 N–H and O–H groups in total. The van der Waals surface area contributed by atoms with Crippen LogP contribution in [-0.2, 0) is 0 Å². The van der Waals surface area contributed by atoms with E-state index in [-0.39, 0.29) is 6.04 Å². The summed E-state index contributed by atoms with van der Waals surface area (Å²) in [6, 6.07) is 8.34. The molecule has 0 bridgehead atoms. The number of nitrogens with zero attached hydrogens (tertiary/aromatic N) is 4. The zero-order valence-electron chi connectivity index (χ0n) is 15.5. The maximum Gasteiger partial charge on any atom is 0.186 e. The number of hydrogen-bond acceptors (Lipinski definition) is 9. The Kier molecular flexibility index (Phi) is 4.20. The summed E-state index contributed by atoms with van der Waals surface area (Å²) in [6.45, 7) is 5.51. The molecule has 0 amide bonds. The van der Waals surface area contributed by atoms with Gasteiger partial charge in [-0.05, 0) is 31.5 Å². The third kappa shape index (κ3) is 2.82. The van der Waals surface area contributed by atoms with Crippen LogP contribution < -0.4 is 16.0 Å². The molecule has 0 aliphatic carbocycles. The molecule has 1 aromatic carbocycles. The van der Waals surface area contributed by atoms with Crippen molar-refractivity contribution in [1.82, 2.24) is 20.5 Å². The Labute approximate surface area is 169 Å². The number of aliphatic hydroxyl groups is 1. The third-order valence-corrected chi connectivity index (χ3v) is 7.48. The van der Waals surface area contributed by atoms with Crippen LogP contribution in [-0.4, -0.2) is 39.4 Å². The molecule has 3 aromatic heterocycles. The number of hydrogen-bond donors (Lipinski definition) is 3. The largest absolute Gasteiger partial charge is 0.397 e. The molecule has 1 saturated heterocycles. The minimum absolute atomic E-state index is 0.181. The van der Waals surface area contributed by atoms with Crippen molar-refractivity contribution in [3.8, 4) is 0 Å². The first-order valence-electron chi connectivity index (χ1n) is 9.07. The van der Waals surface area contributed by atoms with Crippen LogP contribution in [0.2, 0.25) is 0 Å². The number of rotatable bonds is 4.